The van der Waals surface area contributed by atoms with Crippen LogP contribution in [0.15, 0.2) is 42.7 Å². The number of H-pyrrole nitrogens is 1. The van der Waals surface area contributed by atoms with Crippen molar-refractivity contribution in [3.05, 3.63) is 42.7 Å². The van der Waals surface area contributed by atoms with Crippen LogP contribution in [0.4, 0.5) is 0 Å². The Morgan fingerprint density at radius 3 is 2.94 bits per heavy atom. The Kier molecular flexibility index (Phi) is 1.86. The third-order valence-corrected chi connectivity index (χ3v) is 2.40. The Bertz CT molecular complexity index is 612. The lowest BCUT2D eigenvalue weighted by Crippen LogP contribution is -1.78. The molecule has 0 aliphatic rings. The van der Waals surface area contributed by atoms with E-state index >= 15 is 0 Å². The van der Waals surface area contributed by atoms with E-state index in [4.69, 9.17) is 0 Å². The molecule has 0 unspecified atom stereocenters. The van der Waals surface area contributed by atoms with Crippen molar-refractivity contribution in [3.63, 3.8) is 0 Å². The van der Waals surface area contributed by atoms with Gasteiger partial charge in [0.15, 0.2) is 0 Å². The van der Waals surface area contributed by atoms with E-state index in [2.05, 4.69) is 15.0 Å². The summed E-state index contributed by atoms with van der Waals surface area (Å²) in [6, 6.07) is 8.86. The van der Waals surface area contributed by atoms with Gasteiger partial charge in [0.2, 0.25) is 0 Å². The minimum Gasteiger partial charge on any atom is -0.508 e. The highest BCUT2D eigenvalue weighted by molar-refractivity contribution is 5.78. The number of phenolic OH excluding ortho intramolecular Hbond substituents is 1. The summed E-state index contributed by atoms with van der Waals surface area (Å²) in [6.07, 6.45) is 3.42. The van der Waals surface area contributed by atoms with Crippen molar-refractivity contribution in [2.45, 2.75) is 0 Å². The number of nitrogens with one attached hydrogen (secondary N) is 1. The van der Waals surface area contributed by atoms with Gasteiger partial charge < -0.3 is 10.1 Å². The number of imidazole rings is 1. The van der Waals surface area contributed by atoms with Gasteiger partial charge in [0, 0.05) is 11.8 Å². The molecule has 1 aromatic carbocycles. The number of hydrogen-bond acceptors (Lipinski definition) is 3. The molecular weight excluding hydrogens is 202 g/mol. The van der Waals surface area contributed by atoms with Crippen LogP contribution in [0.3, 0.4) is 0 Å². The van der Waals surface area contributed by atoms with E-state index in [1.807, 2.05) is 12.1 Å². The summed E-state index contributed by atoms with van der Waals surface area (Å²) in [5, 5.41) is 9.40. The smallest absolute Gasteiger partial charge is 0.138 e. The highest BCUT2D eigenvalue weighted by atomic mass is 16.3. The van der Waals surface area contributed by atoms with Crippen LogP contribution < -0.4 is 0 Å². The normalized spacial score (nSPS) is 10.8. The first-order chi connectivity index (χ1) is 7.83. The molecule has 2 N–H and O–H groups in total. The monoisotopic (exact) mass is 211 g/mol. The van der Waals surface area contributed by atoms with E-state index in [9.17, 15) is 5.11 Å². The summed E-state index contributed by atoms with van der Waals surface area (Å²) in [5.74, 6) is 0.968. The van der Waals surface area contributed by atoms with Crippen LogP contribution in [0.25, 0.3) is 22.4 Å². The van der Waals surface area contributed by atoms with Crippen LogP contribution in [0.1, 0.15) is 0 Å². The zero-order valence-corrected chi connectivity index (χ0v) is 8.38. The Balaban J connectivity index is 2.19. The quantitative estimate of drug-likeness (QED) is 0.649. The SMILES string of the molecule is Oc1cccc(-c2nc3cnccc3[nH]2)c1. The molecule has 2 aromatic heterocycles. The standard InChI is InChI=1S/C12H9N3O/c16-9-3-1-2-8(6-9)12-14-10-4-5-13-7-11(10)15-12/h1-7,16H,(H,14,15). The van der Waals surface area contributed by atoms with Crippen LogP contribution in [-0.4, -0.2) is 20.1 Å². The van der Waals surface area contributed by atoms with Gasteiger partial charge >= 0.3 is 0 Å². The lowest BCUT2D eigenvalue weighted by atomic mass is 10.2. The van der Waals surface area contributed by atoms with E-state index in [-0.39, 0.29) is 5.75 Å². The van der Waals surface area contributed by atoms with Gasteiger partial charge in [-0.15, -0.1) is 0 Å². The molecule has 2 heterocycles. The van der Waals surface area contributed by atoms with Crippen molar-refractivity contribution in [2.24, 2.45) is 0 Å². The number of aromatic nitrogens is 3. The molecule has 0 aliphatic carbocycles. The first-order valence-electron chi connectivity index (χ1n) is 4.92. The minimum atomic E-state index is 0.232. The first kappa shape index (κ1) is 8.91. The fourth-order valence-electron chi connectivity index (χ4n) is 1.65. The second-order valence-corrected chi connectivity index (χ2v) is 3.53. The van der Waals surface area contributed by atoms with Crippen molar-refractivity contribution in [2.75, 3.05) is 0 Å². The Morgan fingerprint density at radius 2 is 2.12 bits per heavy atom. The molecule has 0 saturated carbocycles. The van der Waals surface area contributed by atoms with Crippen molar-refractivity contribution < 1.29 is 5.11 Å². The number of rotatable bonds is 1. The van der Waals surface area contributed by atoms with Gasteiger partial charge in [-0.1, -0.05) is 12.1 Å². The summed E-state index contributed by atoms with van der Waals surface area (Å²) in [6.45, 7) is 0. The molecule has 3 aromatic rings. The Morgan fingerprint density at radius 1 is 1.19 bits per heavy atom. The van der Waals surface area contributed by atoms with E-state index in [0.29, 0.717) is 0 Å². The summed E-state index contributed by atoms with van der Waals surface area (Å²) >= 11 is 0. The van der Waals surface area contributed by atoms with Crippen LogP contribution in [0, 0.1) is 0 Å². The number of aromatic hydroxyl groups is 1. The zero-order chi connectivity index (χ0) is 11.0. The second-order valence-electron chi connectivity index (χ2n) is 3.53. The maximum absolute atomic E-state index is 9.40. The second kappa shape index (κ2) is 3.34. The van der Waals surface area contributed by atoms with Crippen LogP contribution in [-0.2, 0) is 0 Å². The maximum atomic E-state index is 9.40. The molecule has 0 saturated heterocycles. The van der Waals surface area contributed by atoms with Gasteiger partial charge in [-0.3, -0.25) is 4.98 Å². The number of phenols is 1. The molecule has 0 fully saturated rings. The number of pyridine rings is 1. The maximum Gasteiger partial charge on any atom is 0.138 e. The first-order valence-corrected chi connectivity index (χ1v) is 4.92. The largest absolute Gasteiger partial charge is 0.508 e. The number of hydrogen-bond donors (Lipinski definition) is 2. The topological polar surface area (TPSA) is 61.8 Å². The third kappa shape index (κ3) is 1.40. The zero-order valence-electron chi connectivity index (χ0n) is 8.38. The van der Waals surface area contributed by atoms with Crippen molar-refractivity contribution in [1.29, 1.82) is 0 Å². The van der Waals surface area contributed by atoms with Gasteiger partial charge in [-0.2, -0.15) is 0 Å². The summed E-state index contributed by atoms with van der Waals surface area (Å²) < 4.78 is 0. The Labute approximate surface area is 91.6 Å². The predicted octanol–water partition coefficient (Wildman–Crippen LogP) is 2.33. The number of nitrogens with zero attached hydrogens (tertiary/aromatic N) is 2. The van der Waals surface area contributed by atoms with E-state index in [1.165, 1.54) is 0 Å². The average Bonchev–Trinajstić information content (AvgIpc) is 2.72. The van der Waals surface area contributed by atoms with Crippen LogP contribution >= 0.6 is 0 Å². The van der Waals surface area contributed by atoms with Gasteiger partial charge in [0.1, 0.15) is 17.1 Å². The van der Waals surface area contributed by atoms with Crippen molar-refractivity contribution >= 4 is 11.0 Å². The van der Waals surface area contributed by atoms with Crippen LogP contribution in [0.2, 0.25) is 0 Å². The molecule has 78 valence electrons. The predicted molar refractivity (Wildman–Crippen MR) is 61.0 cm³/mol. The van der Waals surface area contributed by atoms with Crippen molar-refractivity contribution in [3.8, 4) is 17.1 Å². The summed E-state index contributed by atoms with van der Waals surface area (Å²) in [4.78, 5) is 11.6. The number of fused-ring (bicyclic) bond motifs is 1. The fourth-order valence-corrected chi connectivity index (χ4v) is 1.65. The van der Waals surface area contributed by atoms with E-state index in [1.54, 1.807) is 30.6 Å². The highest BCUT2D eigenvalue weighted by Gasteiger charge is 2.04. The molecule has 0 bridgehead atoms. The molecule has 4 nitrogen and oxygen atoms in total. The Hall–Kier alpha value is -2.36. The minimum absolute atomic E-state index is 0.232. The molecule has 4 heteroatoms. The molecule has 0 atom stereocenters. The van der Waals surface area contributed by atoms with Gasteiger partial charge in [0.05, 0.1) is 11.7 Å². The number of aromatic amines is 1. The summed E-state index contributed by atoms with van der Waals surface area (Å²) in [7, 11) is 0. The van der Waals surface area contributed by atoms with Crippen molar-refractivity contribution in [1.82, 2.24) is 15.0 Å². The van der Waals surface area contributed by atoms with Gasteiger partial charge in [-0.05, 0) is 18.2 Å². The van der Waals surface area contributed by atoms with Gasteiger partial charge in [-0.25, -0.2) is 4.98 Å². The van der Waals surface area contributed by atoms with Gasteiger partial charge in [0.25, 0.3) is 0 Å². The third-order valence-electron chi connectivity index (χ3n) is 2.40. The fraction of sp³-hybridized carbons (Fsp3) is 0. The molecule has 0 amide bonds. The molecular formula is C12H9N3O. The molecule has 0 spiro atoms. The molecule has 0 aliphatic heterocycles. The molecule has 16 heavy (non-hydrogen) atoms. The van der Waals surface area contributed by atoms with E-state index < -0.39 is 0 Å². The lowest BCUT2D eigenvalue weighted by Gasteiger charge is -1.96. The van der Waals surface area contributed by atoms with Crippen LogP contribution in [0.5, 0.6) is 5.75 Å². The average molecular weight is 211 g/mol. The summed E-state index contributed by atoms with van der Waals surface area (Å²) in [5.41, 5.74) is 2.62. The number of benzene rings is 1. The molecule has 3 rings (SSSR count). The molecule has 0 radical (unpaired) electrons. The highest BCUT2D eigenvalue weighted by Crippen LogP contribution is 2.22. The van der Waals surface area contributed by atoms with E-state index in [0.717, 1.165) is 22.4 Å². The lowest BCUT2D eigenvalue weighted by molar-refractivity contribution is 0.475.